The average molecular weight is 397 g/mol. The van der Waals surface area contributed by atoms with Gasteiger partial charge in [0, 0.05) is 51.0 Å². The summed E-state index contributed by atoms with van der Waals surface area (Å²) in [5, 5.41) is 8.85. The fraction of sp³-hybridized carbons (Fsp3) is 0.375. The smallest absolute Gasteiger partial charge is 0.302 e. The lowest BCUT2D eigenvalue weighted by atomic mass is 10.2. The van der Waals surface area contributed by atoms with Gasteiger partial charge in [0.15, 0.2) is 11.6 Å². The topological polar surface area (TPSA) is 81.7 Å². The van der Waals surface area contributed by atoms with E-state index in [4.69, 9.17) is 11.6 Å². The Bertz CT molecular complexity index is 851. The molecule has 10 heteroatoms. The molecule has 0 atom stereocenters. The Morgan fingerprint density at radius 3 is 2.31 bits per heavy atom. The maximum Gasteiger partial charge on any atom is 0.302 e. The summed E-state index contributed by atoms with van der Waals surface area (Å²) >= 11 is 6.06. The highest BCUT2D eigenvalue weighted by atomic mass is 35.5. The normalized spacial score (nSPS) is 15.4. The second-order valence-electron chi connectivity index (χ2n) is 6.12. The molecule has 1 aliphatic heterocycles. The largest absolute Gasteiger partial charge is 0.368 e. The third kappa shape index (κ3) is 4.35. The van der Waals surface area contributed by atoms with Crippen LogP contribution in [-0.2, 0) is 10.2 Å². The summed E-state index contributed by atoms with van der Waals surface area (Å²) in [5.41, 5.74) is 1.11. The lowest BCUT2D eigenvalue weighted by Gasteiger charge is -2.36. The fourth-order valence-corrected chi connectivity index (χ4v) is 3.38. The van der Waals surface area contributed by atoms with Crippen LogP contribution < -0.4 is 14.5 Å². The van der Waals surface area contributed by atoms with Gasteiger partial charge < -0.3 is 9.80 Å². The van der Waals surface area contributed by atoms with E-state index in [0.29, 0.717) is 0 Å². The van der Waals surface area contributed by atoms with Crippen molar-refractivity contribution in [2.75, 3.05) is 54.8 Å². The Kier molecular flexibility index (Phi) is 5.49. The van der Waals surface area contributed by atoms with Gasteiger partial charge in [0.05, 0.1) is 0 Å². The first-order chi connectivity index (χ1) is 12.3. The molecule has 0 bridgehead atoms. The van der Waals surface area contributed by atoms with Crippen LogP contribution in [0.15, 0.2) is 36.4 Å². The van der Waals surface area contributed by atoms with Gasteiger partial charge in [-0.1, -0.05) is 17.7 Å². The molecule has 0 spiro atoms. The maximum atomic E-state index is 11.8. The zero-order valence-electron chi connectivity index (χ0n) is 14.6. The molecule has 3 rings (SSSR count). The molecule has 1 aromatic heterocycles. The number of aromatic nitrogens is 2. The number of benzene rings is 1. The van der Waals surface area contributed by atoms with Crippen molar-refractivity contribution in [3.63, 3.8) is 0 Å². The molecule has 0 unspecified atom stereocenters. The third-order valence-corrected chi connectivity index (χ3v) is 5.81. The summed E-state index contributed by atoms with van der Waals surface area (Å²) in [6.07, 6.45) is 0. The van der Waals surface area contributed by atoms with Crippen LogP contribution in [0.2, 0.25) is 5.02 Å². The molecule has 0 saturated carbocycles. The Hall–Kier alpha value is -2.10. The zero-order chi connectivity index (χ0) is 18.7. The van der Waals surface area contributed by atoms with Gasteiger partial charge in [0.1, 0.15) is 0 Å². The third-order valence-electron chi connectivity index (χ3n) is 4.14. The second kappa shape index (κ2) is 7.65. The van der Waals surface area contributed by atoms with E-state index >= 15 is 0 Å². The Morgan fingerprint density at radius 2 is 1.73 bits per heavy atom. The van der Waals surface area contributed by atoms with E-state index in [9.17, 15) is 8.42 Å². The molecule has 1 fully saturated rings. The molecule has 1 N–H and O–H groups in total. The molecule has 1 aliphatic rings. The molecule has 1 saturated heterocycles. The van der Waals surface area contributed by atoms with E-state index in [-0.39, 0.29) is 5.82 Å². The molecule has 1 aromatic carbocycles. The van der Waals surface area contributed by atoms with Gasteiger partial charge in [-0.05, 0) is 30.3 Å². The number of hydrogen-bond acceptors (Lipinski definition) is 6. The van der Waals surface area contributed by atoms with Gasteiger partial charge in [-0.3, -0.25) is 4.72 Å². The molecule has 8 nitrogen and oxygen atoms in total. The first kappa shape index (κ1) is 18.7. The van der Waals surface area contributed by atoms with E-state index in [1.54, 1.807) is 12.1 Å². The van der Waals surface area contributed by atoms with Crippen LogP contribution in [0.1, 0.15) is 0 Å². The van der Waals surface area contributed by atoms with Crippen molar-refractivity contribution in [1.82, 2.24) is 14.5 Å². The zero-order valence-corrected chi connectivity index (χ0v) is 16.2. The minimum atomic E-state index is -3.58. The molecular weight excluding hydrogens is 376 g/mol. The van der Waals surface area contributed by atoms with Gasteiger partial charge in [-0.25, -0.2) is 0 Å². The monoisotopic (exact) mass is 396 g/mol. The molecule has 26 heavy (non-hydrogen) atoms. The van der Waals surface area contributed by atoms with Crippen LogP contribution in [0, 0.1) is 0 Å². The predicted octanol–water partition coefficient (Wildman–Crippen LogP) is 1.67. The van der Waals surface area contributed by atoms with Crippen LogP contribution in [0.4, 0.5) is 17.3 Å². The van der Waals surface area contributed by atoms with Gasteiger partial charge in [0.2, 0.25) is 0 Å². The minimum Gasteiger partial charge on any atom is -0.368 e. The van der Waals surface area contributed by atoms with E-state index in [0.717, 1.165) is 47.0 Å². The number of rotatable bonds is 5. The summed E-state index contributed by atoms with van der Waals surface area (Å²) in [5.74, 6) is 0.920. The number of anilines is 3. The number of nitrogens with one attached hydrogen (secondary N) is 1. The fourth-order valence-electron chi connectivity index (χ4n) is 2.64. The summed E-state index contributed by atoms with van der Waals surface area (Å²) in [6, 6.07) is 11.2. The molecule has 0 radical (unpaired) electrons. The molecule has 140 valence electrons. The van der Waals surface area contributed by atoms with Gasteiger partial charge in [-0.15, -0.1) is 10.2 Å². The number of piperazine rings is 1. The maximum absolute atomic E-state index is 11.8. The van der Waals surface area contributed by atoms with Crippen molar-refractivity contribution < 1.29 is 8.42 Å². The van der Waals surface area contributed by atoms with Crippen LogP contribution in [0.25, 0.3) is 0 Å². The summed E-state index contributed by atoms with van der Waals surface area (Å²) in [7, 11) is -0.685. The Balaban J connectivity index is 1.61. The highest BCUT2D eigenvalue weighted by molar-refractivity contribution is 7.90. The molecular formula is C16H21ClN6O2S. The lowest BCUT2D eigenvalue weighted by Crippen LogP contribution is -2.46. The van der Waals surface area contributed by atoms with Crippen LogP contribution in [0.5, 0.6) is 0 Å². The van der Waals surface area contributed by atoms with Crippen molar-refractivity contribution in [3.8, 4) is 0 Å². The lowest BCUT2D eigenvalue weighted by molar-refractivity contribution is 0.526. The van der Waals surface area contributed by atoms with E-state index in [1.165, 1.54) is 14.1 Å². The quantitative estimate of drug-likeness (QED) is 0.828. The van der Waals surface area contributed by atoms with Crippen LogP contribution >= 0.6 is 11.6 Å². The van der Waals surface area contributed by atoms with Gasteiger partial charge in [-0.2, -0.15) is 12.7 Å². The second-order valence-corrected chi connectivity index (χ2v) is 8.44. The molecule has 2 heterocycles. The Labute approximate surface area is 158 Å². The number of halogens is 1. The average Bonchev–Trinajstić information content (AvgIpc) is 2.62. The standard InChI is InChI=1S/C16H21ClN6O2S/c1-21(2)26(24,25)20-15-6-7-16(19-18-15)23-10-8-22(9-11-23)14-5-3-4-13(17)12-14/h3-7,12H,8-11H2,1-2H3,(H,18,20). The number of nitrogens with zero attached hydrogens (tertiary/aromatic N) is 5. The SMILES string of the molecule is CN(C)S(=O)(=O)Nc1ccc(N2CCN(c3cccc(Cl)c3)CC2)nn1. The summed E-state index contributed by atoms with van der Waals surface area (Å²) < 4.78 is 27.1. The van der Waals surface area contributed by atoms with Gasteiger partial charge in [0.25, 0.3) is 0 Å². The Morgan fingerprint density at radius 1 is 1.04 bits per heavy atom. The van der Waals surface area contributed by atoms with Gasteiger partial charge >= 0.3 is 10.2 Å². The van der Waals surface area contributed by atoms with Crippen molar-refractivity contribution in [3.05, 3.63) is 41.4 Å². The van der Waals surface area contributed by atoms with E-state index in [2.05, 4.69) is 24.7 Å². The van der Waals surface area contributed by atoms with E-state index in [1.807, 2.05) is 24.3 Å². The predicted molar refractivity (Wildman–Crippen MR) is 104 cm³/mol. The first-order valence-corrected chi connectivity index (χ1v) is 9.96. The van der Waals surface area contributed by atoms with Crippen molar-refractivity contribution in [1.29, 1.82) is 0 Å². The molecule has 2 aromatic rings. The summed E-state index contributed by atoms with van der Waals surface area (Å²) in [6.45, 7) is 3.28. The van der Waals surface area contributed by atoms with Crippen molar-refractivity contribution in [2.45, 2.75) is 0 Å². The van der Waals surface area contributed by atoms with Crippen LogP contribution in [-0.4, -0.2) is 63.2 Å². The van der Waals surface area contributed by atoms with Crippen molar-refractivity contribution in [2.24, 2.45) is 0 Å². The highest BCUT2D eigenvalue weighted by Gasteiger charge is 2.19. The highest BCUT2D eigenvalue weighted by Crippen LogP contribution is 2.22. The van der Waals surface area contributed by atoms with Crippen LogP contribution in [0.3, 0.4) is 0 Å². The molecule has 0 aliphatic carbocycles. The molecule has 0 amide bonds. The first-order valence-electron chi connectivity index (χ1n) is 8.14. The summed E-state index contributed by atoms with van der Waals surface area (Å²) in [4.78, 5) is 4.40. The minimum absolute atomic E-state index is 0.194. The van der Waals surface area contributed by atoms with Crippen molar-refractivity contribution >= 4 is 39.1 Å². The van der Waals surface area contributed by atoms with E-state index < -0.39 is 10.2 Å². The number of hydrogen-bond donors (Lipinski definition) is 1.